The van der Waals surface area contributed by atoms with E-state index in [0.29, 0.717) is 5.82 Å². The minimum atomic E-state index is -3.95. The molecule has 0 spiro atoms. The number of aryl methyl sites for hydroxylation is 1. The van der Waals surface area contributed by atoms with Gasteiger partial charge < -0.3 is 4.52 Å². The first-order valence-electron chi connectivity index (χ1n) is 8.56. The lowest BCUT2D eigenvalue weighted by atomic mass is 10.1. The smallest absolute Gasteiger partial charge is 0.269 e. The van der Waals surface area contributed by atoms with E-state index in [2.05, 4.69) is 16.7 Å². The van der Waals surface area contributed by atoms with E-state index in [0.717, 1.165) is 27.6 Å². The fourth-order valence-corrected chi connectivity index (χ4v) is 4.01. The van der Waals surface area contributed by atoms with Crippen LogP contribution >= 0.6 is 0 Å². The number of nitrogens with zero attached hydrogens (tertiary/aromatic N) is 4. The summed E-state index contributed by atoms with van der Waals surface area (Å²) in [6, 6.07) is 12.2. The summed E-state index contributed by atoms with van der Waals surface area (Å²) in [4.78, 5) is 14.4. The topological polar surface area (TPSA) is 119 Å². The van der Waals surface area contributed by atoms with E-state index in [1.165, 1.54) is 18.2 Å². The number of hydrogen-bond donors (Lipinski definition) is 0. The van der Waals surface area contributed by atoms with Gasteiger partial charge in [-0.15, -0.1) is 6.58 Å². The molecule has 0 saturated heterocycles. The van der Waals surface area contributed by atoms with E-state index in [4.69, 9.17) is 4.52 Å². The molecule has 0 saturated carbocycles. The molecule has 29 heavy (non-hydrogen) atoms. The van der Waals surface area contributed by atoms with Gasteiger partial charge in [-0.3, -0.25) is 10.1 Å². The Morgan fingerprint density at radius 2 is 1.97 bits per heavy atom. The van der Waals surface area contributed by atoms with Crippen LogP contribution in [0.15, 0.2) is 70.6 Å². The van der Waals surface area contributed by atoms with Crippen LogP contribution in [0.2, 0.25) is 0 Å². The van der Waals surface area contributed by atoms with E-state index in [9.17, 15) is 18.5 Å². The number of nitro benzene ring substituents is 1. The third-order valence-electron chi connectivity index (χ3n) is 4.07. The molecular weight excluding hydrogens is 396 g/mol. The number of benzene rings is 2. The van der Waals surface area contributed by atoms with E-state index < -0.39 is 14.9 Å². The van der Waals surface area contributed by atoms with E-state index in [-0.39, 0.29) is 29.6 Å². The van der Waals surface area contributed by atoms with Crippen LogP contribution in [-0.4, -0.2) is 34.3 Å². The van der Waals surface area contributed by atoms with Gasteiger partial charge in [0.05, 0.1) is 16.4 Å². The first-order valence-corrected chi connectivity index (χ1v) is 10.0. The summed E-state index contributed by atoms with van der Waals surface area (Å²) < 4.78 is 32.2. The monoisotopic (exact) mass is 414 g/mol. The Hall–Kier alpha value is -3.37. The van der Waals surface area contributed by atoms with Crippen LogP contribution in [0.5, 0.6) is 0 Å². The lowest BCUT2D eigenvalue weighted by Crippen LogP contribution is -2.31. The average molecular weight is 414 g/mol. The van der Waals surface area contributed by atoms with Crippen LogP contribution in [0.4, 0.5) is 5.69 Å². The summed E-state index contributed by atoms with van der Waals surface area (Å²) in [7, 11) is -3.95. The molecule has 3 aromatic rings. The number of sulfonamides is 1. The lowest BCUT2D eigenvalue weighted by Gasteiger charge is -2.18. The van der Waals surface area contributed by atoms with Crippen molar-refractivity contribution in [3.05, 3.63) is 82.8 Å². The second-order valence-electron chi connectivity index (χ2n) is 6.22. The zero-order chi connectivity index (χ0) is 21.0. The standard InChI is InChI=1S/C19H18N4O5S/c1-3-11-22(29(26,27)17-9-7-16(8-10-17)23(24)25)13-18-20-19(21-28-18)15-6-4-5-14(2)12-15/h3-10,12H,1,11,13H2,2H3. The Labute approximate surface area is 167 Å². The molecule has 0 bridgehead atoms. The Morgan fingerprint density at radius 3 is 2.59 bits per heavy atom. The van der Waals surface area contributed by atoms with Gasteiger partial charge in [0.15, 0.2) is 0 Å². The van der Waals surface area contributed by atoms with Crippen molar-refractivity contribution in [3.8, 4) is 11.4 Å². The van der Waals surface area contributed by atoms with Gasteiger partial charge in [-0.2, -0.15) is 9.29 Å². The summed E-state index contributed by atoms with van der Waals surface area (Å²) in [5, 5.41) is 14.7. The summed E-state index contributed by atoms with van der Waals surface area (Å²) in [6.07, 6.45) is 1.43. The summed E-state index contributed by atoms with van der Waals surface area (Å²) in [6.45, 7) is 5.36. The Balaban J connectivity index is 1.86. The molecule has 0 N–H and O–H groups in total. The predicted octanol–water partition coefficient (Wildman–Crippen LogP) is 3.33. The van der Waals surface area contributed by atoms with Crippen molar-refractivity contribution in [3.63, 3.8) is 0 Å². The highest BCUT2D eigenvalue weighted by atomic mass is 32.2. The minimum absolute atomic E-state index is 0.00147. The number of rotatable bonds is 8. The van der Waals surface area contributed by atoms with Crippen molar-refractivity contribution in [2.45, 2.75) is 18.4 Å². The molecule has 0 fully saturated rings. The molecule has 0 aliphatic heterocycles. The zero-order valence-electron chi connectivity index (χ0n) is 15.6. The van der Waals surface area contributed by atoms with Crippen LogP contribution < -0.4 is 0 Å². The van der Waals surface area contributed by atoms with Crippen molar-refractivity contribution in [2.75, 3.05) is 6.54 Å². The third-order valence-corrected chi connectivity index (χ3v) is 5.90. The SMILES string of the molecule is C=CCN(Cc1nc(-c2cccc(C)c2)no1)S(=O)(=O)c1ccc([N+](=O)[O-])cc1. The van der Waals surface area contributed by atoms with Crippen molar-refractivity contribution in [1.29, 1.82) is 0 Å². The van der Waals surface area contributed by atoms with Gasteiger partial charge in [-0.05, 0) is 25.1 Å². The maximum absolute atomic E-state index is 12.9. The maximum Gasteiger partial charge on any atom is 0.269 e. The first kappa shape index (κ1) is 20.4. The molecule has 1 heterocycles. The molecule has 0 aliphatic rings. The average Bonchev–Trinajstić information content (AvgIpc) is 3.16. The highest BCUT2D eigenvalue weighted by molar-refractivity contribution is 7.89. The highest BCUT2D eigenvalue weighted by Gasteiger charge is 2.26. The van der Waals surface area contributed by atoms with Gasteiger partial charge in [0.25, 0.3) is 5.69 Å². The van der Waals surface area contributed by atoms with Crippen molar-refractivity contribution < 1.29 is 17.9 Å². The molecule has 0 atom stereocenters. The fraction of sp³-hybridized carbons (Fsp3) is 0.158. The number of hydrogen-bond acceptors (Lipinski definition) is 7. The van der Waals surface area contributed by atoms with Crippen molar-refractivity contribution in [1.82, 2.24) is 14.4 Å². The first-order chi connectivity index (χ1) is 13.8. The van der Waals surface area contributed by atoms with Crippen LogP contribution in [0, 0.1) is 17.0 Å². The molecule has 3 rings (SSSR count). The quantitative estimate of drug-likeness (QED) is 0.315. The predicted molar refractivity (Wildman–Crippen MR) is 105 cm³/mol. The van der Waals surface area contributed by atoms with Crippen molar-refractivity contribution in [2.24, 2.45) is 0 Å². The number of aromatic nitrogens is 2. The summed E-state index contributed by atoms with van der Waals surface area (Å²) in [5.41, 5.74) is 1.59. The lowest BCUT2D eigenvalue weighted by molar-refractivity contribution is -0.384. The normalized spacial score (nSPS) is 11.5. The van der Waals surface area contributed by atoms with Crippen LogP contribution in [-0.2, 0) is 16.6 Å². The maximum atomic E-state index is 12.9. The molecule has 1 aromatic heterocycles. The fourth-order valence-electron chi connectivity index (χ4n) is 2.65. The minimum Gasteiger partial charge on any atom is -0.338 e. The molecule has 9 nitrogen and oxygen atoms in total. The molecule has 150 valence electrons. The van der Waals surface area contributed by atoms with E-state index in [1.54, 1.807) is 0 Å². The van der Waals surface area contributed by atoms with Gasteiger partial charge in [0.2, 0.25) is 21.7 Å². The second kappa shape index (κ2) is 8.33. The second-order valence-corrected chi connectivity index (χ2v) is 8.16. The molecule has 10 heteroatoms. The molecule has 0 aliphatic carbocycles. The highest BCUT2D eigenvalue weighted by Crippen LogP contribution is 2.22. The van der Waals surface area contributed by atoms with Crippen LogP contribution in [0.1, 0.15) is 11.5 Å². The van der Waals surface area contributed by atoms with E-state index in [1.807, 2.05) is 31.2 Å². The van der Waals surface area contributed by atoms with Gasteiger partial charge >= 0.3 is 0 Å². The van der Waals surface area contributed by atoms with Crippen LogP contribution in [0.3, 0.4) is 0 Å². The molecule has 0 unspecified atom stereocenters. The van der Waals surface area contributed by atoms with Crippen LogP contribution in [0.25, 0.3) is 11.4 Å². The number of nitro groups is 1. The third kappa shape index (κ3) is 4.55. The van der Waals surface area contributed by atoms with Gasteiger partial charge in [-0.25, -0.2) is 8.42 Å². The Bertz CT molecular complexity index is 1140. The molecule has 0 radical (unpaired) electrons. The van der Waals surface area contributed by atoms with Gasteiger partial charge in [0.1, 0.15) is 0 Å². The summed E-state index contributed by atoms with van der Waals surface area (Å²) in [5.74, 6) is 0.476. The molecule has 2 aromatic carbocycles. The molecule has 0 amide bonds. The number of non-ortho nitro benzene ring substituents is 1. The largest absolute Gasteiger partial charge is 0.338 e. The summed E-state index contributed by atoms with van der Waals surface area (Å²) >= 11 is 0. The Morgan fingerprint density at radius 1 is 1.24 bits per heavy atom. The van der Waals surface area contributed by atoms with E-state index >= 15 is 0 Å². The Kier molecular flexibility index (Phi) is 5.85. The van der Waals surface area contributed by atoms with Gasteiger partial charge in [-0.1, -0.05) is 35.0 Å². The zero-order valence-corrected chi connectivity index (χ0v) is 16.4. The van der Waals surface area contributed by atoms with Gasteiger partial charge in [0, 0.05) is 24.2 Å². The van der Waals surface area contributed by atoms with Crippen molar-refractivity contribution >= 4 is 15.7 Å². The molecular formula is C19H18N4O5S.